The second-order valence-electron chi connectivity index (χ2n) is 6.74. The number of amides is 3. The average molecular weight is 432 g/mol. The van der Waals surface area contributed by atoms with Crippen LogP contribution in [-0.4, -0.2) is 11.9 Å². The first-order chi connectivity index (χ1) is 14.5. The normalized spacial score (nSPS) is 11.0. The second kappa shape index (κ2) is 14.5. The molecule has 2 aromatic carbocycles. The van der Waals surface area contributed by atoms with Crippen LogP contribution < -0.4 is 16.0 Å². The summed E-state index contributed by atoms with van der Waals surface area (Å²) in [6.07, 6.45) is 2.77. The van der Waals surface area contributed by atoms with Crippen LogP contribution in [0.15, 0.2) is 48.5 Å². The minimum absolute atomic E-state index is 0.0790. The van der Waals surface area contributed by atoms with Crippen molar-refractivity contribution >= 4 is 29.2 Å². The van der Waals surface area contributed by atoms with Gasteiger partial charge in [0.2, 0.25) is 5.91 Å². The average Bonchev–Trinajstić information content (AvgIpc) is 2.77. The Labute approximate surface area is 185 Å². The zero-order chi connectivity index (χ0) is 22.4. The molecule has 0 saturated heterocycles. The molecule has 0 aliphatic heterocycles. The maximum absolute atomic E-state index is 12.2. The standard InChI is InChI=1S/C22H28ClN3O2.C2H6/c1-3-5-18(4-2)21(27)24-14-17-8-12-20(13-9-17)26-22(28)25-15-16-6-10-19(23)11-7-16;1-2/h6-13,18H,3-5,14-15H2,1-2H3,(H,24,27)(H2,25,26,28);1-2H3/t18-;/m0./s1. The maximum Gasteiger partial charge on any atom is 0.319 e. The summed E-state index contributed by atoms with van der Waals surface area (Å²) in [5, 5.41) is 9.25. The van der Waals surface area contributed by atoms with Crippen LogP contribution in [0.1, 0.15) is 58.1 Å². The Bertz CT molecular complexity index is 761. The highest BCUT2D eigenvalue weighted by molar-refractivity contribution is 6.30. The van der Waals surface area contributed by atoms with Crippen LogP contribution in [0.5, 0.6) is 0 Å². The van der Waals surface area contributed by atoms with E-state index in [0.717, 1.165) is 30.4 Å². The summed E-state index contributed by atoms with van der Waals surface area (Å²) in [6.45, 7) is 9.04. The fourth-order valence-electron chi connectivity index (χ4n) is 2.87. The van der Waals surface area contributed by atoms with Gasteiger partial charge < -0.3 is 16.0 Å². The molecule has 6 heteroatoms. The third-order valence-corrected chi connectivity index (χ3v) is 4.80. The summed E-state index contributed by atoms with van der Waals surface area (Å²) in [5.41, 5.74) is 2.66. The van der Waals surface area contributed by atoms with Crippen LogP contribution in [0.2, 0.25) is 5.02 Å². The number of carbonyl (C=O) groups excluding carboxylic acids is 2. The molecule has 3 N–H and O–H groups in total. The Morgan fingerprint density at radius 1 is 0.867 bits per heavy atom. The molecule has 0 aliphatic rings. The molecule has 0 aliphatic carbocycles. The van der Waals surface area contributed by atoms with Crippen LogP contribution in [0.3, 0.4) is 0 Å². The third kappa shape index (κ3) is 9.31. The SMILES string of the molecule is CC.CCC[C@H](CC)C(=O)NCc1ccc(NC(=O)NCc2ccc(Cl)cc2)cc1. The van der Waals surface area contributed by atoms with Gasteiger partial charge in [0.15, 0.2) is 0 Å². The predicted octanol–water partition coefficient (Wildman–Crippen LogP) is 6.13. The van der Waals surface area contributed by atoms with Crippen LogP contribution in [-0.2, 0) is 17.9 Å². The highest BCUT2D eigenvalue weighted by atomic mass is 35.5. The van der Waals surface area contributed by atoms with Crippen molar-refractivity contribution < 1.29 is 9.59 Å². The van der Waals surface area contributed by atoms with Crippen molar-refractivity contribution in [2.24, 2.45) is 5.92 Å². The van der Waals surface area contributed by atoms with Crippen molar-refractivity contribution in [1.29, 1.82) is 0 Å². The van der Waals surface area contributed by atoms with Crippen LogP contribution in [0.4, 0.5) is 10.5 Å². The molecule has 0 unspecified atom stereocenters. The monoisotopic (exact) mass is 431 g/mol. The van der Waals surface area contributed by atoms with Crippen molar-refractivity contribution in [3.63, 3.8) is 0 Å². The largest absolute Gasteiger partial charge is 0.352 e. The fourth-order valence-corrected chi connectivity index (χ4v) is 2.99. The molecule has 0 fully saturated rings. The lowest BCUT2D eigenvalue weighted by Crippen LogP contribution is -2.30. The highest BCUT2D eigenvalue weighted by Gasteiger charge is 2.14. The van der Waals surface area contributed by atoms with E-state index in [2.05, 4.69) is 22.9 Å². The summed E-state index contributed by atoms with van der Waals surface area (Å²) >= 11 is 5.85. The van der Waals surface area contributed by atoms with Crippen LogP contribution >= 0.6 is 11.6 Å². The first kappa shape index (κ1) is 25.5. The minimum Gasteiger partial charge on any atom is -0.352 e. The first-order valence-corrected chi connectivity index (χ1v) is 11.1. The van der Waals surface area contributed by atoms with E-state index in [1.807, 2.05) is 57.2 Å². The summed E-state index contributed by atoms with van der Waals surface area (Å²) in [7, 11) is 0. The molecule has 1 atom stereocenters. The van der Waals surface area contributed by atoms with Gasteiger partial charge >= 0.3 is 6.03 Å². The Hall–Kier alpha value is -2.53. The lowest BCUT2D eigenvalue weighted by molar-refractivity contribution is -0.125. The zero-order valence-electron chi connectivity index (χ0n) is 18.4. The van der Waals surface area contributed by atoms with E-state index < -0.39 is 0 Å². The van der Waals surface area contributed by atoms with E-state index >= 15 is 0 Å². The predicted molar refractivity (Wildman–Crippen MR) is 126 cm³/mol. The van der Waals surface area contributed by atoms with Gasteiger partial charge in [-0.15, -0.1) is 0 Å². The smallest absolute Gasteiger partial charge is 0.319 e. The van der Waals surface area contributed by atoms with E-state index in [1.165, 1.54) is 0 Å². The molecule has 0 bridgehead atoms. The lowest BCUT2D eigenvalue weighted by Gasteiger charge is -2.14. The number of hydrogen-bond donors (Lipinski definition) is 3. The summed E-state index contributed by atoms with van der Waals surface area (Å²) in [5.74, 6) is 0.184. The van der Waals surface area contributed by atoms with Gasteiger partial charge in [0.1, 0.15) is 0 Å². The number of urea groups is 1. The van der Waals surface area contributed by atoms with Gasteiger partial charge in [-0.05, 0) is 48.2 Å². The van der Waals surface area contributed by atoms with Gasteiger partial charge in [0.05, 0.1) is 0 Å². The number of anilines is 1. The molecule has 2 rings (SSSR count). The molecule has 0 aromatic heterocycles. The molecule has 0 heterocycles. The molecule has 0 saturated carbocycles. The van der Waals surface area contributed by atoms with Crippen molar-refractivity contribution in [3.05, 3.63) is 64.7 Å². The van der Waals surface area contributed by atoms with Gasteiger partial charge in [-0.25, -0.2) is 4.79 Å². The fraction of sp³-hybridized carbons (Fsp3) is 0.417. The Morgan fingerprint density at radius 2 is 1.40 bits per heavy atom. The second-order valence-corrected chi connectivity index (χ2v) is 7.18. The van der Waals surface area contributed by atoms with E-state index in [1.54, 1.807) is 12.1 Å². The van der Waals surface area contributed by atoms with Gasteiger partial charge in [-0.1, -0.05) is 70.0 Å². The summed E-state index contributed by atoms with van der Waals surface area (Å²) < 4.78 is 0. The molecule has 0 radical (unpaired) electrons. The maximum atomic E-state index is 12.2. The molecule has 30 heavy (non-hydrogen) atoms. The summed E-state index contributed by atoms with van der Waals surface area (Å²) in [6, 6.07) is 14.5. The van der Waals surface area contributed by atoms with Gasteiger partial charge in [0, 0.05) is 29.7 Å². The number of halogens is 1. The first-order valence-electron chi connectivity index (χ1n) is 10.7. The molecule has 164 valence electrons. The van der Waals surface area contributed by atoms with Crippen molar-refractivity contribution in [1.82, 2.24) is 10.6 Å². The molecular formula is C24H34ClN3O2. The quantitative estimate of drug-likeness (QED) is 0.446. The van der Waals surface area contributed by atoms with Gasteiger partial charge in [-0.2, -0.15) is 0 Å². The number of benzene rings is 2. The Balaban J connectivity index is 0.00000218. The van der Waals surface area contributed by atoms with Crippen molar-refractivity contribution in [3.8, 4) is 0 Å². The minimum atomic E-state index is -0.277. The Kier molecular flexibility index (Phi) is 12.3. The molecule has 0 spiro atoms. The number of rotatable bonds is 9. The van der Waals surface area contributed by atoms with E-state index in [4.69, 9.17) is 11.6 Å². The van der Waals surface area contributed by atoms with Gasteiger partial charge in [0.25, 0.3) is 0 Å². The van der Waals surface area contributed by atoms with E-state index in [-0.39, 0.29) is 17.9 Å². The highest BCUT2D eigenvalue weighted by Crippen LogP contribution is 2.13. The summed E-state index contributed by atoms with van der Waals surface area (Å²) in [4.78, 5) is 24.2. The zero-order valence-corrected chi connectivity index (χ0v) is 19.2. The number of hydrogen-bond acceptors (Lipinski definition) is 2. The van der Waals surface area contributed by atoms with E-state index in [9.17, 15) is 9.59 Å². The van der Waals surface area contributed by atoms with E-state index in [0.29, 0.717) is 23.8 Å². The molecule has 2 aromatic rings. The number of carbonyl (C=O) groups is 2. The molecule has 5 nitrogen and oxygen atoms in total. The number of nitrogens with one attached hydrogen (secondary N) is 3. The van der Waals surface area contributed by atoms with Crippen molar-refractivity contribution in [2.75, 3.05) is 5.32 Å². The Morgan fingerprint density at radius 3 is 1.93 bits per heavy atom. The van der Waals surface area contributed by atoms with Crippen molar-refractivity contribution in [2.45, 2.75) is 60.0 Å². The third-order valence-electron chi connectivity index (χ3n) is 4.55. The topological polar surface area (TPSA) is 70.2 Å². The van der Waals surface area contributed by atoms with Crippen LogP contribution in [0.25, 0.3) is 0 Å². The molecular weight excluding hydrogens is 398 g/mol. The van der Waals surface area contributed by atoms with Gasteiger partial charge in [-0.3, -0.25) is 4.79 Å². The molecule has 3 amide bonds. The van der Waals surface area contributed by atoms with Crippen LogP contribution in [0, 0.1) is 5.92 Å². The lowest BCUT2D eigenvalue weighted by atomic mass is 10.00.